The van der Waals surface area contributed by atoms with Gasteiger partial charge in [-0.25, -0.2) is 9.97 Å². The molecule has 0 saturated carbocycles. The van der Waals surface area contributed by atoms with Crippen LogP contribution < -0.4 is 5.73 Å². The lowest BCUT2D eigenvalue weighted by Crippen LogP contribution is -2.15. The number of imidazole rings is 1. The molecule has 0 aromatic carbocycles. The number of nitrogens with two attached hydrogens (primary N) is 1. The van der Waals surface area contributed by atoms with E-state index in [1.807, 2.05) is 13.0 Å². The van der Waals surface area contributed by atoms with E-state index < -0.39 is 0 Å². The number of nitrogens with one attached hydrogen (secondary N) is 1. The Bertz CT molecular complexity index is 459. The lowest BCUT2D eigenvalue weighted by atomic mass is 10.2. The Morgan fingerprint density at radius 1 is 1.53 bits per heavy atom. The number of pyridine rings is 1. The number of aromatic nitrogens is 3. The highest BCUT2D eigenvalue weighted by molar-refractivity contribution is 5.74. The molecule has 4 nitrogen and oxygen atoms in total. The molecule has 1 atom stereocenters. The zero-order valence-electron chi connectivity index (χ0n) is 9.12. The maximum absolute atomic E-state index is 5.71. The zero-order chi connectivity index (χ0) is 10.8. The first-order valence-corrected chi connectivity index (χ1v) is 5.22. The molecule has 0 aliphatic rings. The van der Waals surface area contributed by atoms with E-state index in [1.165, 1.54) is 5.56 Å². The third-order valence-corrected chi connectivity index (χ3v) is 2.49. The van der Waals surface area contributed by atoms with E-state index in [2.05, 4.69) is 21.9 Å². The number of hydrogen-bond acceptors (Lipinski definition) is 3. The topological polar surface area (TPSA) is 67.6 Å². The second-order valence-corrected chi connectivity index (χ2v) is 4.03. The van der Waals surface area contributed by atoms with Gasteiger partial charge in [0.1, 0.15) is 5.82 Å². The van der Waals surface area contributed by atoms with E-state index in [4.69, 9.17) is 5.73 Å². The van der Waals surface area contributed by atoms with Crippen molar-refractivity contribution in [2.24, 2.45) is 5.73 Å². The zero-order valence-corrected chi connectivity index (χ0v) is 9.12. The Balaban J connectivity index is 2.27. The SMILES string of the molecule is Cc1ccnc2nc(CCC(C)N)[nH]c12. The van der Waals surface area contributed by atoms with Crippen molar-refractivity contribution in [3.63, 3.8) is 0 Å². The number of fused-ring (bicyclic) bond motifs is 1. The molecule has 0 bridgehead atoms. The van der Waals surface area contributed by atoms with Gasteiger partial charge in [0.15, 0.2) is 5.65 Å². The van der Waals surface area contributed by atoms with Gasteiger partial charge in [0, 0.05) is 18.7 Å². The average molecular weight is 204 g/mol. The minimum absolute atomic E-state index is 0.215. The van der Waals surface area contributed by atoms with Crippen molar-refractivity contribution < 1.29 is 0 Å². The number of rotatable bonds is 3. The molecule has 2 rings (SSSR count). The number of H-pyrrole nitrogens is 1. The van der Waals surface area contributed by atoms with Crippen LogP contribution in [0, 0.1) is 6.92 Å². The molecular weight excluding hydrogens is 188 g/mol. The van der Waals surface area contributed by atoms with Crippen LogP contribution in [0.1, 0.15) is 24.7 Å². The van der Waals surface area contributed by atoms with Crippen molar-refractivity contribution >= 4 is 11.2 Å². The third-order valence-electron chi connectivity index (χ3n) is 2.49. The van der Waals surface area contributed by atoms with Gasteiger partial charge in [-0.15, -0.1) is 0 Å². The second kappa shape index (κ2) is 3.98. The summed E-state index contributed by atoms with van der Waals surface area (Å²) in [5.74, 6) is 0.976. The van der Waals surface area contributed by atoms with Crippen LogP contribution in [0.15, 0.2) is 12.3 Å². The molecule has 0 spiro atoms. The first-order chi connectivity index (χ1) is 7.16. The van der Waals surface area contributed by atoms with Crippen LogP contribution in [-0.4, -0.2) is 21.0 Å². The minimum Gasteiger partial charge on any atom is -0.340 e. The number of aromatic amines is 1. The summed E-state index contributed by atoms with van der Waals surface area (Å²) in [5, 5.41) is 0. The molecule has 0 amide bonds. The third kappa shape index (κ3) is 2.15. The van der Waals surface area contributed by atoms with Gasteiger partial charge in [-0.2, -0.15) is 0 Å². The lowest BCUT2D eigenvalue weighted by molar-refractivity contribution is 0.652. The standard InChI is InChI=1S/C11H16N4/c1-7-5-6-13-11-10(7)14-9(15-11)4-3-8(2)12/h5-6,8H,3-4,12H2,1-2H3,(H,13,14,15). The molecule has 1 unspecified atom stereocenters. The van der Waals surface area contributed by atoms with Gasteiger partial charge in [-0.3, -0.25) is 0 Å². The second-order valence-electron chi connectivity index (χ2n) is 4.03. The Kier molecular flexibility index (Phi) is 2.68. The van der Waals surface area contributed by atoms with Crippen LogP contribution in [0.5, 0.6) is 0 Å². The van der Waals surface area contributed by atoms with Gasteiger partial charge in [-0.05, 0) is 31.9 Å². The van der Waals surface area contributed by atoms with Crippen LogP contribution in [0.25, 0.3) is 11.2 Å². The monoisotopic (exact) mass is 204 g/mol. The van der Waals surface area contributed by atoms with E-state index in [0.29, 0.717) is 0 Å². The first-order valence-electron chi connectivity index (χ1n) is 5.22. The van der Waals surface area contributed by atoms with E-state index in [1.54, 1.807) is 6.20 Å². The molecule has 4 heteroatoms. The molecule has 0 fully saturated rings. The summed E-state index contributed by atoms with van der Waals surface area (Å²) in [6.45, 7) is 4.06. The van der Waals surface area contributed by atoms with Gasteiger partial charge in [0.25, 0.3) is 0 Å². The molecule has 0 aliphatic heterocycles. The minimum atomic E-state index is 0.215. The van der Waals surface area contributed by atoms with Gasteiger partial charge < -0.3 is 10.7 Å². The van der Waals surface area contributed by atoms with Gasteiger partial charge in [0.05, 0.1) is 5.52 Å². The molecule has 2 heterocycles. The molecule has 80 valence electrons. The smallest absolute Gasteiger partial charge is 0.177 e. The van der Waals surface area contributed by atoms with Crippen molar-refractivity contribution in [2.45, 2.75) is 32.7 Å². The molecule has 0 saturated heterocycles. The van der Waals surface area contributed by atoms with Crippen LogP contribution in [0.2, 0.25) is 0 Å². The quantitative estimate of drug-likeness (QED) is 0.797. The Morgan fingerprint density at radius 2 is 2.33 bits per heavy atom. The normalized spacial score (nSPS) is 13.3. The fourth-order valence-corrected chi connectivity index (χ4v) is 1.57. The molecule has 3 N–H and O–H groups in total. The maximum atomic E-state index is 5.71. The van der Waals surface area contributed by atoms with E-state index in [9.17, 15) is 0 Å². The molecular formula is C11H16N4. The molecule has 2 aromatic rings. The molecule has 15 heavy (non-hydrogen) atoms. The summed E-state index contributed by atoms with van der Waals surface area (Å²) in [6.07, 6.45) is 3.61. The predicted octanol–water partition coefficient (Wildman–Crippen LogP) is 1.55. The summed E-state index contributed by atoms with van der Waals surface area (Å²) in [4.78, 5) is 11.9. The highest BCUT2D eigenvalue weighted by atomic mass is 15.0. The summed E-state index contributed by atoms with van der Waals surface area (Å²) in [6, 6.07) is 2.20. The van der Waals surface area contributed by atoms with Crippen LogP contribution in [-0.2, 0) is 6.42 Å². The largest absolute Gasteiger partial charge is 0.340 e. The summed E-state index contributed by atoms with van der Waals surface area (Å²) >= 11 is 0. The summed E-state index contributed by atoms with van der Waals surface area (Å²) in [5.41, 5.74) is 8.73. The molecule has 0 aliphatic carbocycles. The van der Waals surface area contributed by atoms with Crippen molar-refractivity contribution in [2.75, 3.05) is 0 Å². The van der Waals surface area contributed by atoms with Gasteiger partial charge in [0.2, 0.25) is 0 Å². The Hall–Kier alpha value is -1.42. The van der Waals surface area contributed by atoms with Crippen LogP contribution >= 0.6 is 0 Å². The summed E-state index contributed by atoms with van der Waals surface area (Å²) in [7, 11) is 0. The molecule has 2 aromatic heterocycles. The Morgan fingerprint density at radius 3 is 3.00 bits per heavy atom. The Labute approximate surface area is 88.9 Å². The highest BCUT2D eigenvalue weighted by Gasteiger charge is 2.06. The lowest BCUT2D eigenvalue weighted by Gasteiger charge is -2.00. The highest BCUT2D eigenvalue weighted by Crippen LogP contribution is 2.13. The van der Waals surface area contributed by atoms with Crippen molar-refractivity contribution in [1.29, 1.82) is 0 Å². The van der Waals surface area contributed by atoms with Gasteiger partial charge >= 0.3 is 0 Å². The van der Waals surface area contributed by atoms with E-state index >= 15 is 0 Å². The first kappa shape index (κ1) is 10.1. The predicted molar refractivity (Wildman–Crippen MR) is 60.6 cm³/mol. The maximum Gasteiger partial charge on any atom is 0.177 e. The number of aryl methyl sites for hydroxylation is 2. The van der Waals surface area contributed by atoms with Crippen molar-refractivity contribution in [3.05, 3.63) is 23.7 Å². The summed E-state index contributed by atoms with van der Waals surface area (Å²) < 4.78 is 0. The van der Waals surface area contributed by atoms with Crippen molar-refractivity contribution in [3.8, 4) is 0 Å². The molecule has 0 radical (unpaired) electrons. The van der Waals surface area contributed by atoms with Crippen LogP contribution in [0.3, 0.4) is 0 Å². The number of hydrogen-bond donors (Lipinski definition) is 2. The fraction of sp³-hybridized carbons (Fsp3) is 0.455. The number of nitrogens with zero attached hydrogens (tertiary/aromatic N) is 2. The van der Waals surface area contributed by atoms with E-state index in [0.717, 1.165) is 29.8 Å². The van der Waals surface area contributed by atoms with Crippen LogP contribution in [0.4, 0.5) is 0 Å². The van der Waals surface area contributed by atoms with Crippen molar-refractivity contribution in [1.82, 2.24) is 15.0 Å². The fourth-order valence-electron chi connectivity index (χ4n) is 1.57. The average Bonchev–Trinajstić information content (AvgIpc) is 2.59. The van der Waals surface area contributed by atoms with Gasteiger partial charge in [-0.1, -0.05) is 0 Å². The van der Waals surface area contributed by atoms with E-state index in [-0.39, 0.29) is 6.04 Å².